The maximum Gasteiger partial charge on any atom is 0.0978 e. The van der Waals surface area contributed by atoms with Crippen molar-refractivity contribution >= 4 is 0 Å². The SMILES string of the molecule is C.CC(C)CC12COC(C(C)O1)C2C(C)C.CC(C)CC12COC(C(C)O1)C2C(C)C.CCOC.CCOC. The van der Waals surface area contributed by atoms with Gasteiger partial charge in [0.2, 0.25) is 0 Å². The van der Waals surface area contributed by atoms with E-state index < -0.39 is 0 Å². The van der Waals surface area contributed by atoms with Crippen LogP contribution in [-0.4, -0.2) is 76.3 Å². The number of hydrogen-bond acceptors (Lipinski definition) is 6. The van der Waals surface area contributed by atoms with Gasteiger partial charge in [-0.05, 0) is 64.2 Å². The summed E-state index contributed by atoms with van der Waals surface area (Å²) in [7, 11) is 3.36. The van der Waals surface area contributed by atoms with Crippen LogP contribution in [0.1, 0.15) is 103 Å². The molecule has 4 heterocycles. The van der Waals surface area contributed by atoms with Gasteiger partial charge in [-0.3, -0.25) is 0 Å². The highest BCUT2D eigenvalue weighted by Gasteiger charge is 2.61. The Labute approximate surface area is 243 Å². The molecule has 4 aliphatic rings. The van der Waals surface area contributed by atoms with Crippen LogP contribution < -0.4 is 0 Å². The van der Waals surface area contributed by atoms with Crippen LogP contribution in [0.25, 0.3) is 0 Å². The number of fused-ring (bicyclic) bond motifs is 4. The first-order valence-corrected chi connectivity index (χ1v) is 15.3. The second-order valence-corrected chi connectivity index (χ2v) is 13.2. The van der Waals surface area contributed by atoms with E-state index in [1.54, 1.807) is 14.2 Å². The van der Waals surface area contributed by atoms with E-state index in [0.717, 1.165) is 39.3 Å². The average Bonchev–Trinajstić information content (AvgIpc) is 3.51. The summed E-state index contributed by atoms with van der Waals surface area (Å²) in [6.07, 6.45) is 3.51. The van der Waals surface area contributed by atoms with E-state index in [4.69, 9.17) is 18.9 Å². The molecule has 0 amide bonds. The smallest absolute Gasteiger partial charge is 0.0978 e. The molecule has 0 aliphatic carbocycles. The Balaban J connectivity index is 0.000000572. The third-order valence-corrected chi connectivity index (χ3v) is 8.25. The molecule has 0 spiro atoms. The lowest BCUT2D eigenvalue weighted by atomic mass is 9.76. The van der Waals surface area contributed by atoms with Crippen molar-refractivity contribution in [2.75, 3.05) is 40.6 Å². The largest absolute Gasteiger partial charge is 0.385 e. The Hall–Kier alpha value is -0.240. The molecule has 8 unspecified atom stereocenters. The fraction of sp³-hybridized carbons (Fsp3) is 1.00. The maximum atomic E-state index is 6.21. The van der Waals surface area contributed by atoms with Gasteiger partial charge in [0.1, 0.15) is 0 Å². The molecule has 0 aromatic carbocycles. The van der Waals surface area contributed by atoms with Gasteiger partial charge in [0.05, 0.1) is 48.8 Å². The molecule has 0 radical (unpaired) electrons. The van der Waals surface area contributed by atoms with Gasteiger partial charge in [-0.1, -0.05) is 62.8 Å². The highest BCUT2D eigenvalue weighted by Crippen LogP contribution is 2.52. The monoisotopic (exact) mass is 561 g/mol. The molecule has 236 valence electrons. The van der Waals surface area contributed by atoms with E-state index in [0.29, 0.717) is 47.7 Å². The van der Waals surface area contributed by atoms with Gasteiger partial charge in [0.15, 0.2) is 0 Å². The summed E-state index contributed by atoms with van der Waals surface area (Å²) in [6.45, 7) is 29.7. The Morgan fingerprint density at radius 2 is 0.923 bits per heavy atom. The molecular weight excluding hydrogens is 492 g/mol. The van der Waals surface area contributed by atoms with Crippen molar-refractivity contribution in [3.63, 3.8) is 0 Å². The number of rotatable bonds is 8. The highest BCUT2D eigenvalue weighted by molar-refractivity contribution is 5.08. The second-order valence-electron chi connectivity index (χ2n) is 13.2. The van der Waals surface area contributed by atoms with Gasteiger partial charge in [-0.25, -0.2) is 0 Å². The Bertz CT molecular complexity index is 580. The fourth-order valence-electron chi connectivity index (χ4n) is 7.27. The number of hydrogen-bond donors (Lipinski definition) is 0. The summed E-state index contributed by atoms with van der Waals surface area (Å²) in [4.78, 5) is 0. The van der Waals surface area contributed by atoms with Crippen LogP contribution in [0.3, 0.4) is 0 Å². The van der Waals surface area contributed by atoms with Crippen molar-refractivity contribution in [3.8, 4) is 0 Å². The molecule has 4 rings (SSSR count). The molecule has 39 heavy (non-hydrogen) atoms. The van der Waals surface area contributed by atoms with Crippen molar-refractivity contribution in [1.29, 1.82) is 0 Å². The van der Waals surface area contributed by atoms with Crippen LogP contribution in [0.15, 0.2) is 0 Å². The van der Waals surface area contributed by atoms with E-state index in [1.807, 2.05) is 13.8 Å². The maximum absolute atomic E-state index is 6.21. The summed E-state index contributed by atoms with van der Waals surface area (Å²) in [5, 5.41) is 0. The van der Waals surface area contributed by atoms with Crippen LogP contribution >= 0.6 is 0 Å². The first kappa shape index (κ1) is 38.8. The third kappa shape index (κ3) is 9.92. The predicted octanol–water partition coefficient (Wildman–Crippen LogP) is 7.66. The summed E-state index contributed by atoms with van der Waals surface area (Å²) in [6, 6.07) is 0. The lowest BCUT2D eigenvalue weighted by Crippen LogP contribution is -2.40. The molecule has 0 N–H and O–H groups in total. The Kier molecular flexibility index (Phi) is 17.5. The summed E-state index contributed by atoms with van der Waals surface area (Å²) in [5.41, 5.74) is 0.0405. The molecule has 0 aromatic heterocycles. The highest BCUT2D eigenvalue weighted by atomic mass is 16.6. The lowest BCUT2D eigenvalue weighted by molar-refractivity contribution is -0.143. The van der Waals surface area contributed by atoms with Crippen molar-refractivity contribution in [1.82, 2.24) is 0 Å². The lowest BCUT2D eigenvalue weighted by Gasteiger charge is -2.34. The molecule has 4 bridgehead atoms. The molecule has 6 heteroatoms. The van der Waals surface area contributed by atoms with E-state index >= 15 is 0 Å². The molecule has 4 saturated heterocycles. The van der Waals surface area contributed by atoms with Crippen LogP contribution in [0.4, 0.5) is 0 Å². The Morgan fingerprint density at radius 3 is 1.10 bits per heavy atom. The first-order valence-electron chi connectivity index (χ1n) is 15.3. The number of methoxy groups -OCH3 is 2. The van der Waals surface area contributed by atoms with Crippen molar-refractivity contribution in [3.05, 3.63) is 0 Å². The molecule has 0 saturated carbocycles. The van der Waals surface area contributed by atoms with E-state index in [1.165, 1.54) is 0 Å². The van der Waals surface area contributed by atoms with E-state index in [2.05, 4.69) is 78.7 Å². The number of ether oxygens (including phenoxy) is 6. The van der Waals surface area contributed by atoms with Gasteiger partial charge in [0, 0.05) is 39.3 Å². The van der Waals surface area contributed by atoms with Gasteiger partial charge < -0.3 is 28.4 Å². The standard InChI is InChI=1S/2C13H24O2.2C3H8O.CH4/c2*1-8(2)6-13-7-14-12(10(5)15-13)11(13)9(3)4;2*1-3-4-2;/h2*8-12H,6-7H2,1-5H3;2*3H2,1-2H3;1H4. The average molecular weight is 561 g/mol. The summed E-state index contributed by atoms with van der Waals surface area (Å²) < 4.78 is 33.3. The zero-order valence-corrected chi connectivity index (χ0v) is 27.5. The topological polar surface area (TPSA) is 55.4 Å². The zero-order valence-electron chi connectivity index (χ0n) is 27.5. The minimum absolute atomic E-state index is 0. The predicted molar refractivity (Wildman–Crippen MR) is 163 cm³/mol. The molecule has 4 aliphatic heterocycles. The summed E-state index contributed by atoms with van der Waals surface area (Å²) in [5.74, 6) is 3.85. The van der Waals surface area contributed by atoms with Crippen molar-refractivity contribution < 1.29 is 28.4 Å². The molecule has 4 fully saturated rings. The molecule has 8 atom stereocenters. The van der Waals surface area contributed by atoms with Crippen LogP contribution in [0.2, 0.25) is 0 Å². The van der Waals surface area contributed by atoms with Crippen molar-refractivity contribution in [2.45, 2.75) is 139 Å². The van der Waals surface area contributed by atoms with Crippen LogP contribution in [0.5, 0.6) is 0 Å². The quantitative estimate of drug-likeness (QED) is 0.304. The zero-order chi connectivity index (χ0) is 29.3. The van der Waals surface area contributed by atoms with Gasteiger partial charge in [0.25, 0.3) is 0 Å². The van der Waals surface area contributed by atoms with Gasteiger partial charge in [-0.15, -0.1) is 0 Å². The molecule has 6 nitrogen and oxygen atoms in total. The first-order chi connectivity index (χ1) is 17.8. The van der Waals surface area contributed by atoms with Crippen LogP contribution in [-0.2, 0) is 28.4 Å². The summed E-state index contributed by atoms with van der Waals surface area (Å²) >= 11 is 0. The molecular formula is C33H68O6. The Morgan fingerprint density at radius 1 is 0.641 bits per heavy atom. The van der Waals surface area contributed by atoms with Crippen LogP contribution in [0, 0.1) is 35.5 Å². The van der Waals surface area contributed by atoms with Gasteiger partial charge in [-0.2, -0.15) is 0 Å². The van der Waals surface area contributed by atoms with E-state index in [-0.39, 0.29) is 30.8 Å². The molecule has 0 aromatic rings. The fourth-order valence-corrected chi connectivity index (χ4v) is 7.27. The van der Waals surface area contributed by atoms with Gasteiger partial charge >= 0.3 is 0 Å². The minimum Gasteiger partial charge on any atom is -0.385 e. The van der Waals surface area contributed by atoms with Crippen molar-refractivity contribution in [2.24, 2.45) is 35.5 Å². The second kappa shape index (κ2) is 17.7. The third-order valence-electron chi connectivity index (χ3n) is 8.25. The van der Waals surface area contributed by atoms with E-state index in [9.17, 15) is 0 Å². The minimum atomic E-state index is 0. The normalized spacial score (nSPS) is 35.8.